The van der Waals surface area contributed by atoms with Crippen LogP contribution in [0.5, 0.6) is 0 Å². The number of sulfonamides is 1. The van der Waals surface area contributed by atoms with Crippen molar-refractivity contribution < 1.29 is 17.9 Å². The smallest absolute Gasteiger partial charge is 0.321 e. The summed E-state index contributed by atoms with van der Waals surface area (Å²) in [7, 11) is -1.23. The van der Waals surface area contributed by atoms with Crippen LogP contribution in [-0.4, -0.2) is 44.4 Å². The number of hydrogen-bond donors (Lipinski definition) is 1. The number of rotatable bonds is 5. The van der Waals surface area contributed by atoms with Gasteiger partial charge in [-0.2, -0.15) is 4.31 Å². The van der Waals surface area contributed by atoms with Crippen molar-refractivity contribution in [3.05, 3.63) is 17.0 Å². The van der Waals surface area contributed by atoms with Gasteiger partial charge in [-0.15, -0.1) is 11.3 Å². The van der Waals surface area contributed by atoms with E-state index in [1.165, 1.54) is 26.3 Å². The first-order valence-electron chi connectivity index (χ1n) is 4.72. The van der Waals surface area contributed by atoms with E-state index >= 15 is 0 Å². The number of methoxy groups -OCH3 is 1. The zero-order valence-electron chi connectivity index (χ0n) is 9.74. The maximum absolute atomic E-state index is 12.1. The van der Waals surface area contributed by atoms with Gasteiger partial charge in [0.05, 0.1) is 12.0 Å². The summed E-state index contributed by atoms with van der Waals surface area (Å²) in [5.74, 6) is -0.632. The fourth-order valence-corrected chi connectivity index (χ4v) is 3.75. The average molecular weight is 308 g/mol. The molecule has 0 bridgehead atoms. The van der Waals surface area contributed by atoms with Crippen LogP contribution in [0.25, 0.3) is 0 Å². The molecule has 1 aromatic heterocycles. The molecule has 1 aromatic rings. The molecule has 6 nitrogen and oxygen atoms in total. The lowest BCUT2D eigenvalue weighted by Gasteiger charge is -2.14. The lowest BCUT2D eigenvalue weighted by Crippen LogP contribution is -2.32. The average Bonchev–Trinajstić information content (AvgIpc) is 2.78. The molecule has 0 unspecified atom stereocenters. The van der Waals surface area contributed by atoms with Crippen molar-refractivity contribution in [2.45, 2.75) is 4.21 Å². The second kappa shape index (κ2) is 5.74. The van der Waals surface area contributed by atoms with E-state index in [9.17, 15) is 13.2 Å². The molecule has 0 saturated heterocycles. The zero-order chi connectivity index (χ0) is 13.9. The Kier molecular flexibility index (Phi) is 4.79. The quantitative estimate of drug-likeness (QED) is 0.616. The van der Waals surface area contributed by atoms with Crippen molar-refractivity contribution in [2.24, 2.45) is 5.73 Å². The first-order chi connectivity index (χ1) is 8.28. The minimum atomic E-state index is -3.72. The van der Waals surface area contributed by atoms with Gasteiger partial charge in [0.15, 0.2) is 0 Å². The van der Waals surface area contributed by atoms with E-state index in [0.717, 1.165) is 15.6 Å². The number of thiophene rings is 1. The first kappa shape index (κ1) is 15.0. The second-order valence-corrected chi connectivity index (χ2v) is 7.12. The van der Waals surface area contributed by atoms with Crippen LogP contribution in [0.3, 0.4) is 0 Å². The van der Waals surface area contributed by atoms with Gasteiger partial charge in [0.1, 0.15) is 15.7 Å². The van der Waals surface area contributed by atoms with Crippen LogP contribution < -0.4 is 5.73 Å². The normalized spacial score (nSPS) is 11.5. The molecule has 0 fully saturated rings. The number of nitrogens with zero attached hydrogens (tertiary/aromatic N) is 1. The van der Waals surface area contributed by atoms with E-state index in [0.29, 0.717) is 4.88 Å². The third-order valence-electron chi connectivity index (χ3n) is 2.07. The van der Waals surface area contributed by atoms with Crippen molar-refractivity contribution in [3.63, 3.8) is 0 Å². The molecule has 0 atom stereocenters. The van der Waals surface area contributed by atoms with Gasteiger partial charge in [0.25, 0.3) is 10.0 Å². The Labute approximate surface area is 114 Å². The molecule has 0 radical (unpaired) electrons. The molecule has 0 aliphatic rings. The lowest BCUT2D eigenvalue weighted by atomic mass is 10.5. The highest BCUT2D eigenvalue weighted by atomic mass is 32.2. The molecule has 18 heavy (non-hydrogen) atoms. The van der Waals surface area contributed by atoms with Gasteiger partial charge in [-0.3, -0.25) is 4.79 Å². The van der Waals surface area contributed by atoms with Gasteiger partial charge >= 0.3 is 5.97 Å². The molecule has 0 aliphatic heterocycles. The van der Waals surface area contributed by atoms with Crippen molar-refractivity contribution in [1.29, 1.82) is 0 Å². The summed E-state index contributed by atoms with van der Waals surface area (Å²) in [6.45, 7) is -0.348. The summed E-state index contributed by atoms with van der Waals surface area (Å²) in [4.78, 5) is 11.7. The topological polar surface area (TPSA) is 89.7 Å². The van der Waals surface area contributed by atoms with E-state index in [2.05, 4.69) is 4.74 Å². The third-order valence-corrected chi connectivity index (χ3v) is 5.81. The third kappa shape index (κ3) is 3.25. The number of ether oxygens (including phenoxy) is 1. The van der Waals surface area contributed by atoms with Crippen LogP contribution in [0.15, 0.2) is 16.3 Å². The van der Waals surface area contributed by atoms with Crippen molar-refractivity contribution in [1.82, 2.24) is 4.31 Å². The Morgan fingerprint density at radius 1 is 1.56 bits per heavy atom. The van der Waals surface area contributed by atoms with Crippen LogP contribution in [0.2, 0.25) is 0 Å². The van der Waals surface area contributed by atoms with E-state index in [4.69, 9.17) is 18.0 Å². The molecular weight excluding hydrogens is 296 g/mol. The van der Waals surface area contributed by atoms with E-state index in [1.807, 2.05) is 0 Å². The monoisotopic (exact) mass is 308 g/mol. The molecule has 0 saturated carbocycles. The lowest BCUT2D eigenvalue weighted by molar-refractivity contribution is -0.140. The highest BCUT2D eigenvalue weighted by Crippen LogP contribution is 2.24. The summed E-state index contributed by atoms with van der Waals surface area (Å²) in [6, 6.07) is 2.94. The number of carbonyl (C=O) groups excluding carboxylic acids is 1. The molecular formula is C9H12N2O4S3. The summed E-state index contributed by atoms with van der Waals surface area (Å²) >= 11 is 5.72. The Bertz CT molecular complexity index is 564. The number of likely N-dealkylation sites (N-methyl/N-ethyl adjacent to an activating group) is 1. The maximum atomic E-state index is 12.1. The summed E-state index contributed by atoms with van der Waals surface area (Å²) in [5.41, 5.74) is 5.41. The van der Waals surface area contributed by atoms with E-state index in [1.54, 1.807) is 0 Å². The van der Waals surface area contributed by atoms with Gasteiger partial charge in [0, 0.05) is 7.05 Å². The fourth-order valence-electron chi connectivity index (χ4n) is 1.08. The van der Waals surface area contributed by atoms with Gasteiger partial charge in [-0.1, -0.05) is 12.2 Å². The molecule has 100 valence electrons. The highest BCUT2D eigenvalue weighted by Gasteiger charge is 2.25. The first-order valence-corrected chi connectivity index (χ1v) is 7.38. The van der Waals surface area contributed by atoms with Crippen molar-refractivity contribution in [3.8, 4) is 0 Å². The Morgan fingerprint density at radius 3 is 2.61 bits per heavy atom. The van der Waals surface area contributed by atoms with Crippen LogP contribution >= 0.6 is 23.6 Å². The molecule has 1 rings (SSSR count). The Balaban J connectivity index is 2.98. The molecule has 0 spiro atoms. The zero-order valence-corrected chi connectivity index (χ0v) is 12.2. The minimum absolute atomic E-state index is 0.0803. The number of thiocarbonyl (C=S) groups is 1. The predicted molar refractivity (Wildman–Crippen MR) is 72.0 cm³/mol. The van der Waals surface area contributed by atoms with Crippen LogP contribution in [0, 0.1) is 0 Å². The molecule has 0 aliphatic carbocycles. The number of hydrogen-bond acceptors (Lipinski definition) is 6. The Hall–Kier alpha value is -1.03. The maximum Gasteiger partial charge on any atom is 0.321 e. The fraction of sp³-hybridized carbons (Fsp3) is 0.333. The van der Waals surface area contributed by atoms with Crippen molar-refractivity contribution in [2.75, 3.05) is 20.7 Å². The summed E-state index contributed by atoms with van der Waals surface area (Å²) in [5, 5.41) is 0. The van der Waals surface area contributed by atoms with Gasteiger partial charge < -0.3 is 10.5 Å². The second-order valence-electron chi connectivity index (χ2n) is 3.32. The molecule has 2 N–H and O–H groups in total. The largest absolute Gasteiger partial charge is 0.468 e. The summed E-state index contributed by atoms with van der Waals surface area (Å²) < 4.78 is 29.5. The van der Waals surface area contributed by atoms with Crippen LogP contribution in [0.1, 0.15) is 4.88 Å². The van der Waals surface area contributed by atoms with Crippen LogP contribution in [-0.2, 0) is 19.6 Å². The minimum Gasteiger partial charge on any atom is -0.468 e. The number of esters is 1. The predicted octanol–water partition coefficient (Wildman–Crippen LogP) is 0.176. The number of nitrogens with two attached hydrogens (primary N) is 1. The van der Waals surface area contributed by atoms with E-state index < -0.39 is 16.0 Å². The van der Waals surface area contributed by atoms with E-state index in [-0.39, 0.29) is 15.7 Å². The molecule has 0 amide bonds. The summed E-state index contributed by atoms with van der Waals surface area (Å²) in [6.07, 6.45) is 0. The molecule has 9 heteroatoms. The number of carbonyl (C=O) groups is 1. The van der Waals surface area contributed by atoms with Crippen molar-refractivity contribution >= 4 is 44.5 Å². The van der Waals surface area contributed by atoms with Gasteiger partial charge in [-0.05, 0) is 12.1 Å². The highest BCUT2D eigenvalue weighted by molar-refractivity contribution is 7.91. The molecule has 1 heterocycles. The molecule has 0 aromatic carbocycles. The standard InChI is InChI=1S/C9H12N2O4S3/c1-11(5-7(12)15-2)18(13,14)8-4-3-6(17-8)9(10)16/h3-4H,5H2,1-2H3,(H2,10,16). The van der Waals surface area contributed by atoms with Gasteiger partial charge in [-0.25, -0.2) is 8.42 Å². The van der Waals surface area contributed by atoms with Crippen LogP contribution in [0.4, 0.5) is 0 Å². The van der Waals surface area contributed by atoms with Gasteiger partial charge in [0.2, 0.25) is 0 Å². The Morgan fingerprint density at radius 2 is 2.17 bits per heavy atom. The SMILES string of the molecule is COC(=O)CN(C)S(=O)(=O)c1ccc(C(N)=S)s1.